The van der Waals surface area contributed by atoms with E-state index >= 15 is 0 Å². The smallest absolute Gasteiger partial charge is 0.0555 e. The predicted octanol–water partition coefficient (Wildman–Crippen LogP) is 1.42. The fraction of sp³-hybridized carbons (Fsp3) is 1.00. The van der Waals surface area contributed by atoms with Crippen LogP contribution in [0.1, 0.15) is 33.1 Å². The van der Waals surface area contributed by atoms with Gasteiger partial charge in [-0.05, 0) is 45.8 Å². The Labute approximate surface area is 100 Å². The van der Waals surface area contributed by atoms with Crippen LogP contribution in [0, 0.1) is 5.41 Å². The Hall–Kier alpha value is -0.120. The van der Waals surface area contributed by atoms with Gasteiger partial charge in [0.15, 0.2) is 0 Å². The maximum Gasteiger partial charge on any atom is 0.0555 e. The molecule has 0 aliphatic heterocycles. The Bertz CT molecular complexity index is 216. The van der Waals surface area contributed by atoms with E-state index in [9.17, 15) is 5.11 Å². The SMILES string of the molecule is CN(C)CCN(C)C1CC(O)CCC1(C)C. The number of likely N-dealkylation sites (N-methyl/N-ethyl adjacent to an activating group) is 2. The molecule has 0 aromatic rings. The van der Waals surface area contributed by atoms with E-state index in [1.807, 2.05) is 0 Å². The molecule has 0 aromatic carbocycles. The van der Waals surface area contributed by atoms with Crippen LogP contribution >= 0.6 is 0 Å². The normalized spacial score (nSPS) is 30.0. The molecule has 0 aromatic heterocycles. The summed E-state index contributed by atoms with van der Waals surface area (Å²) < 4.78 is 0. The highest BCUT2D eigenvalue weighted by atomic mass is 16.3. The van der Waals surface area contributed by atoms with Gasteiger partial charge in [0.25, 0.3) is 0 Å². The number of aliphatic hydroxyl groups is 1. The Kier molecular flexibility index (Phi) is 4.77. The van der Waals surface area contributed by atoms with Crippen LogP contribution in [0.3, 0.4) is 0 Å². The van der Waals surface area contributed by atoms with E-state index in [2.05, 4.69) is 44.8 Å². The molecule has 0 bridgehead atoms. The largest absolute Gasteiger partial charge is 0.393 e. The van der Waals surface area contributed by atoms with E-state index in [1.165, 1.54) is 0 Å². The van der Waals surface area contributed by atoms with Crippen molar-refractivity contribution in [1.29, 1.82) is 0 Å². The molecule has 1 aliphatic rings. The molecule has 3 nitrogen and oxygen atoms in total. The van der Waals surface area contributed by atoms with Gasteiger partial charge in [0, 0.05) is 19.1 Å². The van der Waals surface area contributed by atoms with Crippen molar-refractivity contribution in [2.75, 3.05) is 34.2 Å². The van der Waals surface area contributed by atoms with Crippen molar-refractivity contribution in [1.82, 2.24) is 9.80 Å². The maximum absolute atomic E-state index is 9.80. The molecule has 0 heterocycles. The van der Waals surface area contributed by atoms with Crippen LogP contribution in [-0.2, 0) is 0 Å². The average molecular weight is 228 g/mol. The number of aliphatic hydroxyl groups excluding tert-OH is 1. The van der Waals surface area contributed by atoms with Crippen molar-refractivity contribution in [3.63, 3.8) is 0 Å². The third kappa shape index (κ3) is 3.72. The number of rotatable bonds is 4. The second kappa shape index (κ2) is 5.48. The van der Waals surface area contributed by atoms with Crippen molar-refractivity contribution in [3.05, 3.63) is 0 Å². The first kappa shape index (κ1) is 13.9. The fourth-order valence-corrected chi connectivity index (χ4v) is 2.69. The molecule has 96 valence electrons. The van der Waals surface area contributed by atoms with Gasteiger partial charge in [-0.3, -0.25) is 0 Å². The number of nitrogens with zero attached hydrogens (tertiary/aromatic N) is 2. The summed E-state index contributed by atoms with van der Waals surface area (Å²) in [7, 11) is 6.40. The summed E-state index contributed by atoms with van der Waals surface area (Å²) in [6, 6.07) is 0.510. The lowest BCUT2D eigenvalue weighted by molar-refractivity contribution is -0.00265. The monoisotopic (exact) mass is 228 g/mol. The number of hydrogen-bond donors (Lipinski definition) is 1. The minimum absolute atomic E-state index is 0.0974. The Balaban J connectivity index is 2.53. The van der Waals surface area contributed by atoms with Crippen LogP contribution < -0.4 is 0 Å². The first-order chi connectivity index (χ1) is 7.33. The quantitative estimate of drug-likeness (QED) is 0.788. The Morgan fingerprint density at radius 3 is 2.38 bits per heavy atom. The van der Waals surface area contributed by atoms with Crippen molar-refractivity contribution in [2.45, 2.75) is 45.3 Å². The maximum atomic E-state index is 9.80. The molecule has 3 heteroatoms. The molecule has 0 spiro atoms. The van der Waals surface area contributed by atoms with E-state index in [-0.39, 0.29) is 6.10 Å². The molecule has 2 atom stereocenters. The summed E-state index contributed by atoms with van der Waals surface area (Å²) in [5, 5.41) is 9.80. The predicted molar refractivity (Wildman–Crippen MR) is 68.6 cm³/mol. The summed E-state index contributed by atoms with van der Waals surface area (Å²) in [4.78, 5) is 4.63. The molecule has 1 saturated carbocycles. The lowest BCUT2D eigenvalue weighted by Crippen LogP contribution is -2.50. The summed E-state index contributed by atoms with van der Waals surface area (Å²) in [6.45, 7) is 6.82. The van der Waals surface area contributed by atoms with Crippen molar-refractivity contribution < 1.29 is 5.11 Å². The van der Waals surface area contributed by atoms with Crippen molar-refractivity contribution >= 4 is 0 Å². The van der Waals surface area contributed by atoms with Gasteiger partial charge in [-0.15, -0.1) is 0 Å². The molecule has 1 rings (SSSR count). The molecular formula is C13H28N2O. The molecule has 0 amide bonds. The zero-order chi connectivity index (χ0) is 12.3. The molecule has 16 heavy (non-hydrogen) atoms. The molecule has 0 radical (unpaired) electrons. The Morgan fingerprint density at radius 1 is 1.19 bits per heavy atom. The zero-order valence-electron chi connectivity index (χ0n) is 11.5. The molecule has 1 fully saturated rings. The van der Waals surface area contributed by atoms with Crippen LogP contribution in [0.5, 0.6) is 0 Å². The molecule has 0 saturated heterocycles. The van der Waals surface area contributed by atoms with Gasteiger partial charge in [0.2, 0.25) is 0 Å². The van der Waals surface area contributed by atoms with E-state index < -0.39 is 0 Å². The summed E-state index contributed by atoms with van der Waals surface area (Å²) in [6.07, 6.45) is 2.92. The van der Waals surface area contributed by atoms with Gasteiger partial charge in [0.1, 0.15) is 0 Å². The van der Waals surface area contributed by atoms with Gasteiger partial charge >= 0.3 is 0 Å². The lowest BCUT2D eigenvalue weighted by Gasteiger charge is -2.45. The highest BCUT2D eigenvalue weighted by molar-refractivity contribution is 4.91. The Morgan fingerprint density at radius 2 is 1.81 bits per heavy atom. The molecular weight excluding hydrogens is 200 g/mol. The summed E-state index contributed by atoms with van der Waals surface area (Å²) in [5.41, 5.74) is 0.334. The molecule has 1 N–H and O–H groups in total. The highest BCUT2D eigenvalue weighted by Gasteiger charge is 2.37. The van der Waals surface area contributed by atoms with Crippen molar-refractivity contribution in [2.24, 2.45) is 5.41 Å². The van der Waals surface area contributed by atoms with Gasteiger partial charge in [0.05, 0.1) is 6.10 Å². The zero-order valence-corrected chi connectivity index (χ0v) is 11.5. The second-order valence-corrected chi connectivity index (χ2v) is 6.22. The lowest BCUT2D eigenvalue weighted by atomic mass is 9.71. The van der Waals surface area contributed by atoms with Gasteiger partial charge < -0.3 is 14.9 Å². The van der Waals surface area contributed by atoms with Crippen LogP contribution in [0.15, 0.2) is 0 Å². The molecule has 2 unspecified atom stereocenters. The van der Waals surface area contributed by atoms with E-state index in [0.717, 1.165) is 32.4 Å². The minimum atomic E-state index is -0.0974. The standard InChI is InChI=1S/C13H28N2O/c1-13(2)7-6-11(16)10-12(13)15(5)9-8-14(3)4/h11-12,16H,6-10H2,1-5H3. The summed E-state index contributed by atoms with van der Waals surface area (Å²) in [5.74, 6) is 0. The van der Waals surface area contributed by atoms with Gasteiger partial charge in [-0.2, -0.15) is 0 Å². The minimum Gasteiger partial charge on any atom is -0.393 e. The first-order valence-electron chi connectivity index (χ1n) is 6.36. The third-order valence-corrected chi connectivity index (χ3v) is 3.95. The first-order valence-corrected chi connectivity index (χ1v) is 6.36. The summed E-state index contributed by atoms with van der Waals surface area (Å²) >= 11 is 0. The van der Waals surface area contributed by atoms with Crippen molar-refractivity contribution in [3.8, 4) is 0 Å². The van der Waals surface area contributed by atoms with Crippen LogP contribution in [0.4, 0.5) is 0 Å². The van der Waals surface area contributed by atoms with Gasteiger partial charge in [-0.1, -0.05) is 13.8 Å². The van der Waals surface area contributed by atoms with Crippen LogP contribution in [0.25, 0.3) is 0 Å². The van der Waals surface area contributed by atoms with Crippen LogP contribution in [-0.4, -0.2) is 61.3 Å². The van der Waals surface area contributed by atoms with Crippen LogP contribution in [0.2, 0.25) is 0 Å². The van der Waals surface area contributed by atoms with Gasteiger partial charge in [-0.25, -0.2) is 0 Å². The number of hydrogen-bond acceptors (Lipinski definition) is 3. The van der Waals surface area contributed by atoms with E-state index in [0.29, 0.717) is 11.5 Å². The van der Waals surface area contributed by atoms with E-state index in [4.69, 9.17) is 0 Å². The topological polar surface area (TPSA) is 26.7 Å². The van der Waals surface area contributed by atoms with E-state index in [1.54, 1.807) is 0 Å². The molecule has 1 aliphatic carbocycles. The third-order valence-electron chi connectivity index (χ3n) is 3.95. The average Bonchev–Trinajstić information content (AvgIpc) is 2.18. The fourth-order valence-electron chi connectivity index (χ4n) is 2.69. The second-order valence-electron chi connectivity index (χ2n) is 6.22. The highest BCUT2D eigenvalue weighted by Crippen LogP contribution is 2.38.